The first kappa shape index (κ1) is 18.5. The van der Waals surface area contributed by atoms with Crippen LogP contribution in [-0.4, -0.2) is 25.2 Å². The highest BCUT2D eigenvalue weighted by molar-refractivity contribution is 8.26. The number of nitrogens with one attached hydrogen (secondary N) is 1. The second-order valence-electron chi connectivity index (χ2n) is 5.71. The molecule has 1 aliphatic heterocycles. The van der Waals surface area contributed by atoms with E-state index in [-0.39, 0.29) is 22.8 Å². The molecule has 1 aliphatic rings. The molecule has 3 heterocycles. The van der Waals surface area contributed by atoms with E-state index in [1.165, 1.54) is 18.2 Å². The normalized spacial score (nSPS) is 16.0. The van der Waals surface area contributed by atoms with Crippen LogP contribution in [0.4, 0.5) is 13.2 Å². The number of alkyl halides is 3. The maximum atomic E-state index is 13.6. The molecule has 4 rings (SSSR count). The van der Waals surface area contributed by atoms with E-state index in [1.54, 1.807) is 30.3 Å². The first-order chi connectivity index (χ1) is 13.3. The molecule has 0 bridgehead atoms. The molecule has 1 saturated heterocycles. The number of aromatic nitrogens is 3. The maximum absolute atomic E-state index is 13.6. The van der Waals surface area contributed by atoms with Gasteiger partial charge in [0.15, 0.2) is 5.69 Å². The van der Waals surface area contributed by atoms with Gasteiger partial charge >= 0.3 is 6.18 Å². The van der Waals surface area contributed by atoms with Crippen LogP contribution in [0.3, 0.4) is 0 Å². The van der Waals surface area contributed by atoms with E-state index < -0.39 is 11.9 Å². The molecule has 1 fully saturated rings. The van der Waals surface area contributed by atoms with Gasteiger partial charge in [0.05, 0.1) is 27.3 Å². The molecule has 1 N–H and O–H groups in total. The summed E-state index contributed by atoms with van der Waals surface area (Å²) in [6.45, 7) is 0. The van der Waals surface area contributed by atoms with Crippen molar-refractivity contribution < 1.29 is 18.0 Å². The second kappa shape index (κ2) is 6.95. The van der Waals surface area contributed by atoms with Crippen molar-refractivity contribution in [2.24, 2.45) is 0 Å². The predicted molar refractivity (Wildman–Crippen MR) is 104 cm³/mol. The van der Waals surface area contributed by atoms with Gasteiger partial charge in [0.25, 0.3) is 5.91 Å². The fourth-order valence-corrected chi connectivity index (χ4v) is 3.62. The van der Waals surface area contributed by atoms with Crippen LogP contribution in [0, 0.1) is 0 Å². The number of pyridine rings is 1. The van der Waals surface area contributed by atoms with Crippen LogP contribution < -0.4 is 5.32 Å². The largest absolute Gasteiger partial charge is 0.435 e. The Morgan fingerprint density at radius 3 is 2.36 bits per heavy atom. The molecule has 2 aromatic heterocycles. The number of hydrogen-bond donors (Lipinski definition) is 1. The molecule has 0 radical (unpaired) electrons. The molecule has 0 atom stereocenters. The standard InChI is InChI=1S/C18H9F3N4OS2/c19-18(20,21)15-14(23-10-5-1-2-6-11(10)24-15)12-7-3-4-9(22-12)8-13-16(26)25-17(27)28-13/h1-8H,(H,25,26,27). The molecule has 1 amide bonds. The monoisotopic (exact) mass is 418 g/mol. The molecule has 0 spiro atoms. The van der Waals surface area contributed by atoms with E-state index >= 15 is 0 Å². The van der Waals surface area contributed by atoms with Gasteiger partial charge in [-0.05, 0) is 30.3 Å². The summed E-state index contributed by atoms with van der Waals surface area (Å²) in [5.41, 5.74) is -0.700. The van der Waals surface area contributed by atoms with E-state index in [9.17, 15) is 18.0 Å². The van der Waals surface area contributed by atoms with Crippen molar-refractivity contribution in [3.8, 4) is 11.4 Å². The van der Waals surface area contributed by atoms with E-state index in [4.69, 9.17) is 12.2 Å². The summed E-state index contributed by atoms with van der Waals surface area (Å²) < 4.78 is 41.0. The molecular formula is C18H9F3N4OS2. The van der Waals surface area contributed by atoms with Crippen LogP contribution in [0.15, 0.2) is 47.4 Å². The zero-order valence-corrected chi connectivity index (χ0v) is 15.5. The Morgan fingerprint density at radius 1 is 1.00 bits per heavy atom. The quantitative estimate of drug-likeness (QED) is 0.497. The lowest BCUT2D eigenvalue weighted by molar-refractivity contribution is -0.140. The zero-order chi connectivity index (χ0) is 19.9. The number of benzene rings is 1. The third kappa shape index (κ3) is 3.60. The summed E-state index contributed by atoms with van der Waals surface area (Å²) in [7, 11) is 0. The summed E-state index contributed by atoms with van der Waals surface area (Å²) in [6, 6.07) is 10.8. The summed E-state index contributed by atoms with van der Waals surface area (Å²) in [4.78, 5) is 24.2. The van der Waals surface area contributed by atoms with Gasteiger partial charge in [-0.25, -0.2) is 15.0 Å². The van der Waals surface area contributed by atoms with Crippen molar-refractivity contribution in [2.75, 3.05) is 0 Å². The topological polar surface area (TPSA) is 67.8 Å². The molecule has 0 saturated carbocycles. The van der Waals surface area contributed by atoms with Crippen LogP contribution in [0.25, 0.3) is 28.5 Å². The van der Waals surface area contributed by atoms with Gasteiger partial charge in [-0.3, -0.25) is 4.79 Å². The van der Waals surface area contributed by atoms with Crippen LogP contribution in [-0.2, 0) is 11.0 Å². The molecule has 1 aromatic carbocycles. The van der Waals surface area contributed by atoms with Crippen molar-refractivity contribution >= 4 is 51.3 Å². The third-order valence-corrected chi connectivity index (χ3v) is 4.94. The van der Waals surface area contributed by atoms with Crippen molar-refractivity contribution in [3.63, 3.8) is 0 Å². The minimum absolute atomic E-state index is 0.00547. The molecule has 140 valence electrons. The van der Waals surface area contributed by atoms with Crippen molar-refractivity contribution in [1.29, 1.82) is 0 Å². The van der Waals surface area contributed by atoms with Crippen molar-refractivity contribution in [1.82, 2.24) is 20.3 Å². The van der Waals surface area contributed by atoms with Crippen LogP contribution >= 0.6 is 24.0 Å². The van der Waals surface area contributed by atoms with Crippen molar-refractivity contribution in [3.05, 3.63) is 58.8 Å². The average Bonchev–Trinajstić information content (AvgIpc) is 2.97. The lowest BCUT2D eigenvalue weighted by atomic mass is 10.1. The lowest BCUT2D eigenvalue weighted by Gasteiger charge is -2.12. The van der Waals surface area contributed by atoms with E-state index in [0.717, 1.165) is 11.8 Å². The van der Waals surface area contributed by atoms with E-state index in [2.05, 4.69) is 20.3 Å². The molecule has 0 aliphatic carbocycles. The highest BCUT2D eigenvalue weighted by Crippen LogP contribution is 2.35. The number of fused-ring (bicyclic) bond motifs is 1. The van der Waals surface area contributed by atoms with E-state index in [1.807, 2.05) is 0 Å². The van der Waals surface area contributed by atoms with Gasteiger partial charge in [0.1, 0.15) is 10.0 Å². The lowest BCUT2D eigenvalue weighted by Crippen LogP contribution is -2.17. The molecule has 0 unspecified atom stereocenters. The molecule has 5 nitrogen and oxygen atoms in total. The summed E-state index contributed by atoms with van der Waals surface area (Å²) in [6.07, 6.45) is -3.24. The molecular weight excluding hydrogens is 409 g/mol. The van der Waals surface area contributed by atoms with Gasteiger partial charge in [0, 0.05) is 0 Å². The second-order valence-corrected chi connectivity index (χ2v) is 7.43. The van der Waals surface area contributed by atoms with Gasteiger partial charge < -0.3 is 5.32 Å². The number of thiocarbonyl (C=S) groups is 1. The summed E-state index contributed by atoms with van der Waals surface area (Å²) in [5, 5.41) is 2.47. The van der Waals surface area contributed by atoms with Crippen molar-refractivity contribution in [2.45, 2.75) is 6.18 Å². The zero-order valence-electron chi connectivity index (χ0n) is 13.8. The fraction of sp³-hybridized carbons (Fsp3) is 0.0556. The number of carbonyl (C=O) groups is 1. The Bertz CT molecular complexity index is 1160. The average molecular weight is 418 g/mol. The fourth-order valence-electron chi connectivity index (χ4n) is 2.60. The molecule has 3 aromatic rings. The minimum Gasteiger partial charge on any atom is -0.307 e. The Morgan fingerprint density at radius 2 is 1.71 bits per heavy atom. The summed E-state index contributed by atoms with van der Waals surface area (Å²) in [5.74, 6) is -0.372. The number of thioether (sulfide) groups is 1. The molecule has 28 heavy (non-hydrogen) atoms. The van der Waals surface area contributed by atoms with Gasteiger partial charge in [-0.2, -0.15) is 13.2 Å². The highest BCUT2D eigenvalue weighted by atomic mass is 32.2. The summed E-state index contributed by atoms with van der Waals surface area (Å²) >= 11 is 5.98. The number of halogens is 3. The first-order valence-electron chi connectivity index (χ1n) is 7.87. The van der Waals surface area contributed by atoms with Gasteiger partial charge in [-0.1, -0.05) is 42.2 Å². The first-order valence-corrected chi connectivity index (χ1v) is 9.10. The Hall–Kier alpha value is -2.85. The maximum Gasteiger partial charge on any atom is 0.435 e. The predicted octanol–water partition coefficient (Wildman–Crippen LogP) is 4.20. The number of rotatable bonds is 2. The number of nitrogens with zero attached hydrogens (tertiary/aromatic N) is 3. The molecule has 10 heteroatoms. The van der Waals surface area contributed by atoms with Crippen LogP contribution in [0.2, 0.25) is 0 Å². The number of carbonyl (C=O) groups excluding carboxylic acids is 1. The van der Waals surface area contributed by atoms with E-state index in [0.29, 0.717) is 20.4 Å². The number of amides is 1. The smallest absolute Gasteiger partial charge is 0.307 e. The number of hydrogen-bond acceptors (Lipinski definition) is 6. The van der Waals surface area contributed by atoms with Crippen LogP contribution in [0.5, 0.6) is 0 Å². The Labute approximate surface area is 166 Å². The Balaban J connectivity index is 1.85. The highest BCUT2D eigenvalue weighted by Gasteiger charge is 2.37. The number of para-hydroxylation sites is 2. The van der Waals surface area contributed by atoms with Gasteiger partial charge in [-0.15, -0.1) is 0 Å². The minimum atomic E-state index is -4.70. The third-order valence-electron chi connectivity index (χ3n) is 3.77. The SMILES string of the molecule is O=C1NC(=S)SC1=Cc1cccc(-c2nc3ccccc3nc2C(F)(F)F)n1. The van der Waals surface area contributed by atoms with Crippen LogP contribution in [0.1, 0.15) is 11.4 Å². The Kier molecular flexibility index (Phi) is 4.60. The van der Waals surface area contributed by atoms with Gasteiger partial charge in [0.2, 0.25) is 0 Å².